The van der Waals surface area contributed by atoms with E-state index in [1.807, 2.05) is 54.9 Å². The van der Waals surface area contributed by atoms with Crippen molar-refractivity contribution in [3.63, 3.8) is 0 Å². The Hall–Kier alpha value is -5.09. The molecule has 1 aliphatic carbocycles. The Labute approximate surface area is 214 Å². The molecule has 0 amide bonds. The molecule has 6 aromatic rings. The monoisotopic (exact) mass is 475 g/mol. The van der Waals surface area contributed by atoms with E-state index in [1.165, 1.54) is 0 Å². The van der Waals surface area contributed by atoms with E-state index in [2.05, 4.69) is 75.2 Å². The third-order valence-corrected chi connectivity index (χ3v) is 6.98. The zero-order chi connectivity index (χ0) is 24.8. The molecule has 4 heteroatoms. The maximum atomic E-state index is 13.0. The van der Waals surface area contributed by atoms with E-state index in [0.29, 0.717) is 0 Å². The van der Waals surface area contributed by atoms with Gasteiger partial charge in [-0.1, -0.05) is 48.5 Å². The van der Waals surface area contributed by atoms with E-state index in [4.69, 9.17) is 0 Å². The summed E-state index contributed by atoms with van der Waals surface area (Å²) in [7, 11) is 0. The Morgan fingerprint density at radius 3 is 1.70 bits per heavy atom. The van der Waals surface area contributed by atoms with Crippen molar-refractivity contribution in [2.75, 3.05) is 0 Å². The fourth-order valence-electron chi connectivity index (χ4n) is 5.20. The minimum absolute atomic E-state index is 0.0960. The summed E-state index contributed by atoms with van der Waals surface area (Å²) >= 11 is 0. The summed E-state index contributed by atoms with van der Waals surface area (Å²) < 4.78 is 2.24. The third kappa shape index (κ3) is 3.50. The van der Waals surface area contributed by atoms with Crippen LogP contribution < -0.4 is 0 Å². The van der Waals surface area contributed by atoms with Crippen molar-refractivity contribution >= 4 is 5.78 Å². The number of rotatable bonds is 4. The Morgan fingerprint density at radius 2 is 1.08 bits per heavy atom. The van der Waals surface area contributed by atoms with Crippen LogP contribution in [0.2, 0.25) is 0 Å². The summed E-state index contributed by atoms with van der Waals surface area (Å²) in [6.45, 7) is 0. The van der Waals surface area contributed by atoms with E-state index >= 15 is 0 Å². The Balaban J connectivity index is 1.31. The normalized spacial score (nSPS) is 11.8. The summed E-state index contributed by atoms with van der Waals surface area (Å²) in [5.41, 5.74) is 10.9. The average molecular weight is 476 g/mol. The van der Waals surface area contributed by atoms with Gasteiger partial charge in [-0.05, 0) is 76.9 Å². The molecule has 3 heterocycles. The molecule has 0 fully saturated rings. The van der Waals surface area contributed by atoms with E-state index in [0.717, 1.165) is 61.6 Å². The van der Waals surface area contributed by atoms with E-state index in [-0.39, 0.29) is 5.78 Å². The van der Waals surface area contributed by atoms with Crippen LogP contribution in [0.4, 0.5) is 0 Å². The zero-order valence-electron chi connectivity index (χ0n) is 19.9. The van der Waals surface area contributed by atoms with Gasteiger partial charge in [-0.3, -0.25) is 14.8 Å². The van der Waals surface area contributed by atoms with Crippen molar-refractivity contribution in [2.45, 2.75) is 0 Å². The van der Waals surface area contributed by atoms with Crippen LogP contribution in [-0.2, 0) is 0 Å². The number of ketones is 1. The highest BCUT2D eigenvalue weighted by atomic mass is 16.1. The summed E-state index contributed by atoms with van der Waals surface area (Å²) in [4.78, 5) is 21.7. The second-order valence-electron chi connectivity index (χ2n) is 9.10. The molecule has 0 spiro atoms. The maximum Gasteiger partial charge on any atom is 0.194 e. The van der Waals surface area contributed by atoms with Gasteiger partial charge < -0.3 is 4.57 Å². The van der Waals surface area contributed by atoms with Crippen LogP contribution in [0.15, 0.2) is 128 Å². The first-order valence-corrected chi connectivity index (χ1v) is 12.2. The van der Waals surface area contributed by atoms with Crippen molar-refractivity contribution in [1.29, 1.82) is 0 Å². The lowest BCUT2D eigenvalue weighted by Crippen LogP contribution is -2.00. The van der Waals surface area contributed by atoms with Gasteiger partial charge in [0.25, 0.3) is 0 Å². The lowest BCUT2D eigenvalue weighted by molar-refractivity contribution is 0.104. The van der Waals surface area contributed by atoms with Gasteiger partial charge in [-0.25, -0.2) is 0 Å². The van der Waals surface area contributed by atoms with E-state index < -0.39 is 0 Å². The Bertz CT molecular complexity index is 1710. The highest BCUT2D eigenvalue weighted by molar-refractivity contribution is 6.22. The number of nitrogens with zero attached hydrogens (tertiary/aromatic N) is 3. The molecule has 0 atom stereocenters. The molecule has 1 aliphatic rings. The molecule has 7 rings (SSSR count). The summed E-state index contributed by atoms with van der Waals surface area (Å²) in [5.74, 6) is 0.0960. The molecule has 0 radical (unpaired) electrons. The fourth-order valence-corrected chi connectivity index (χ4v) is 5.20. The van der Waals surface area contributed by atoms with Gasteiger partial charge in [0, 0.05) is 52.7 Å². The predicted octanol–water partition coefficient (Wildman–Crippen LogP) is 7.48. The highest BCUT2D eigenvalue weighted by Crippen LogP contribution is 2.39. The van der Waals surface area contributed by atoms with Gasteiger partial charge in [-0.2, -0.15) is 0 Å². The molecule has 174 valence electrons. The second-order valence-corrected chi connectivity index (χ2v) is 9.10. The molecule has 0 unspecified atom stereocenters. The number of carbonyl (C=O) groups excluding carboxylic acids is 1. The third-order valence-electron chi connectivity index (χ3n) is 6.98. The van der Waals surface area contributed by atoms with E-state index in [9.17, 15) is 4.79 Å². The van der Waals surface area contributed by atoms with Crippen LogP contribution in [0.25, 0.3) is 50.5 Å². The molecule has 3 aromatic carbocycles. The summed E-state index contributed by atoms with van der Waals surface area (Å²) in [6, 6.07) is 34.8. The molecule has 3 aromatic heterocycles. The first-order valence-electron chi connectivity index (χ1n) is 12.2. The van der Waals surface area contributed by atoms with Crippen molar-refractivity contribution < 1.29 is 4.79 Å². The first kappa shape index (κ1) is 21.2. The van der Waals surface area contributed by atoms with Gasteiger partial charge in [0.1, 0.15) is 0 Å². The van der Waals surface area contributed by atoms with Crippen molar-refractivity contribution in [1.82, 2.24) is 14.5 Å². The standard InChI is InChI=1S/C33H21N3O/c37-33-29-8-2-1-7-27(29)28-14-11-23(19-30(28)33)22-9-12-26(13-10-22)36-31(24-5-3-17-34-20-24)15-16-32(36)25-6-4-18-35-21-25/h1-21H. The van der Waals surface area contributed by atoms with Crippen LogP contribution in [0.3, 0.4) is 0 Å². The molecule has 4 nitrogen and oxygen atoms in total. The molecular formula is C33H21N3O. The van der Waals surface area contributed by atoms with Crippen molar-refractivity contribution in [2.24, 2.45) is 0 Å². The van der Waals surface area contributed by atoms with Gasteiger partial charge in [0.05, 0.1) is 11.4 Å². The van der Waals surface area contributed by atoms with Crippen LogP contribution in [0, 0.1) is 0 Å². The van der Waals surface area contributed by atoms with E-state index in [1.54, 1.807) is 12.4 Å². The van der Waals surface area contributed by atoms with Crippen LogP contribution >= 0.6 is 0 Å². The van der Waals surface area contributed by atoms with Crippen molar-refractivity contribution in [3.05, 3.63) is 139 Å². The Kier molecular flexibility index (Phi) is 4.90. The van der Waals surface area contributed by atoms with Crippen molar-refractivity contribution in [3.8, 4) is 50.5 Å². The molecule has 0 N–H and O–H groups in total. The average Bonchev–Trinajstić information content (AvgIpc) is 3.54. The van der Waals surface area contributed by atoms with Crippen LogP contribution in [-0.4, -0.2) is 20.3 Å². The SMILES string of the molecule is O=C1c2ccccc2-c2ccc(-c3ccc(-n4c(-c5cccnc5)ccc4-c4cccnc4)cc3)cc21. The lowest BCUT2D eigenvalue weighted by atomic mass is 9.99. The number of fused-ring (bicyclic) bond motifs is 3. The lowest BCUT2D eigenvalue weighted by Gasteiger charge is -2.15. The first-order chi connectivity index (χ1) is 18.3. The maximum absolute atomic E-state index is 13.0. The zero-order valence-corrected chi connectivity index (χ0v) is 19.9. The van der Waals surface area contributed by atoms with Crippen LogP contribution in [0.5, 0.6) is 0 Å². The Morgan fingerprint density at radius 1 is 0.486 bits per heavy atom. The largest absolute Gasteiger partial charge is 0.309 e. The minimum atomic E-state index is 0.0960. The number of hydrogen-bond donors (Lipinski definition) is 0. The number of hydrogen-bond acceptors (Lipinski definition) is 3. The number of aromatic nitrogens is 3. The fraction of sp³-hybridized carbons (Fsp3) is 0. The van der Waals surface area contributed by atoms with Crippen LogP contribution in [0.1, 0.15) is 15.9 Å². The number of carbonyl (C=O) groups is 1. The molecule has 0 saturated carbocycles. The van der Waals surface area contributed by atoms with Gasteiger partial charge in [0.2, 0.25) is 0 Å². The topological polar surface area (TPSA) is 47.8 Å². The second kappa shape index (κ2) is 8.54. The predicted molar refractivity (Wildman–Crippen MR) is 147 cm³/mol. The van der Waals surface area contributed by atoms with Gasteiger partial charge in [-0.15, -0.1) is 0 Å². The number of pyridine rings is 2. The quantitative estimate of drug-likeness (QED) is 0.265. The molecule has 0 saturated heterocycles. The molecule has 0 aliphatic heterocycles. The molecule has 37 heavy (non-hydrogen) atoms. The molecular weight excluding hydrogens is 454 g/mol. The van der Waals surface area contributed by atoms with Gasteiger partial charge >= 0.3 is 0 Å². The minimum Gasteiger partial charge on any atom is -0.309 e. The highest BCUT2D eigenvalue weighted by Gasteiger charge is 2.26. The summed E-state index contributed by atoms with van der Waals surface area (Å²) in [5, 5.41) is 0. The van der Waals surface area contributed by atoms with Gasteiger partial charge in [0.15, 0.2) is 5.78 Å². The number of benzene rings is 3. The summed E-state index contributed by atoms with van der Waals surface area (Å²) in [6.07, 6.45) is 7.33. The molecule has 0 bridgehead atoms. The smallest absolute Gasteiger partial charge is 0.194 e.